The Hall–Kier alpha value is -0.570. The lowest BCUT2D eigenvalue weighted by atomic mass is 10.2. The molecule has 0 amide bonds. The van der Waals surface area contributed by atoms with Crippen LogP contribution >= 0.6 is 0 Å². The molecule has 0 unspecified atom stereocenters. The van der Waals surface area contributed by atoms with E-state index in [1.54, 1.807) is 0 Å². The van der Waals surface area contributed by atoms with Crippen molar-refractivity contribution in [3.05, 3.63) is 0 Å². The second kappa shape index (κ2) is 11.1. The lowest BCUT2D eigenvalue weighted by Gasteiger charge is -2.31. The first-order chi connectivity index (χ1) is 9.43. The summed E-state index contributed by atoms with van der Waals surface area (Å²) in [6.45, 7) is 6.62. The maximum atomic E-state index is 4.88. The monoisotopic (exact) mass is 284 g/mol. The zero-order chi connectivity index (χ0) is 15.4. The molecule has 0 heterocycles. The molecule has 0 fully saturated rings. The van der Waals surface area contributed by atoms with Crippen LogP contribution in [0, 0.1) is 0 Å². The van der Waals surface area contributed by atoms with Gasteiger partial charge in [0.1, 0.15) is 0 Å². The fourth-order valence-corrected chi connectivity index (χ4v) is 2.44. The van der Waals surface area contributed by atoms with Gasteiger partial charge in [0.2, 0.25) is 0 Å². The third kappa shape index (κ3) is 9.35. The van der Waals surface area contributed by atoms with Crippen LogP contribution in [0.25, 0.3) is 0 Å². The van der Waals surface area contributed by atoms with E-state index < -0.39 is 0 Å². The molecule has 0 aromatic heterocycles. The van der Waals surface area contributed by atoms with Gasteiger partial charge in [0, 0.05) is 20.1 Å². The number of aliphatic imine (C=N–C) groups is 1. The first-order valence-corrected chi connectivity index (χ1v) is 8.51. The summed E-state index contributed by atoms with van der Waals surface area (Å²) in [5, 5.41) is 0. The quantitative estimate of drug-likeness (QED) is 0.255. The molecular formula is C17H38N3+. The second-order valence-electron chi connectivity index (χ2n) is 6.74. The van der Waals surface area contributed by atoms with Crippen LogP contribution in [-0.2, 0) is 0 Å². The Balaban J connectivity index is 4.29. The topological polar surface area (TPSA) is 15.6 Å². The molecule has 0 N–H and O–H groups in total. The second-order valence-corrected chi connectivity index (χ2v) is 6.74. The van der Waals surface area contributed by atoms with Crippen LogP contribution in [0.1, 0.15) is 65.2 Å². The Morgan fingerprint density at radius 2 is 1.40 bits per heavy atom. The molecule has 120 valence electrons. The minimum absolute atomic E-state index is 0.818. The Labute approximate surface area is 127 Å². The average molecular weight is 285 g/mol. The van der Waals surface area contributed by atoms with Crippen LogP contribution in [0.4, 0.5) is 0 Å². The highest BCUT2D eigenvalue weighted by Gasteiger charge is 2.22. The normalized spacial score (nSPS) is 12.8. The van der Waals surface area contributed by atoms with Crippen LogP contribution in [0.5, 0.6) is 0 Å². The highest BCUT2D eigenvalue weighted by Crippen LogP contribution is 2.06. The fraction of sp³-hybridized carbons (Fsp3) is 0.941. The molecule has 0 aliphatic rings. The first-order valence-electron chi connectivity index (χ1n) is 8.51. The van der Waals surface area contributed by atoms with Crippen molar-refractivity contribution in [1.82, 2.24) is 4.90 Å². The standard InChI is InChI=1S/C17H38N3/c1-7-9-11-13-15-18-17(20(4,5)6)19(3)16-14-12-10-8-2/h7-16H2,1-6H3/q+1. The average Bonchev–Trinajstić information content (AvgIpc) is 2.37. The molecule has 0 spiro atoms. The van der Waals surface area contributed by atoms with Crippen LogP contribution in [0.15, 0.2) is 4.99 Å². The van der Waals surface area contributed by atoms with Crippen LogP contribution in [0.2, 0.25) is 0 Å². The zero-order valence-corrected chi connectivity index (χ0v) is 14.9. The molecule has 0 aliphatic carbocycles. The zero-order valence-electron chi connectivity index (χ0n) is 14.9. The van der Waals surface area contributed by atoms with Gasteiger partial charge in [-0.1, -0.05) is 52.4 Å². The summed E-state index contributed by atoms with van der Waals surface area (Å²) in [5.74, 6) is 1.22. The van der Waals surface area contributed by atoms with Crippen LogP contribution < -0.4 is 0 Å². The molecular weight excluding hydrogens is 246 g/mol. The van der Waals surface area contributed by atoms with E-state index in [-0.39, 0.29) is 0 Å². The number of hydrogen-bond acceptors (Lipinski definition) is 1. The van der Waals surface area contributed by atoms with E-state index in [2.05, 4.69) is 46.9 Å². The van der Waals surface area contributed by atoms with Gasteiger partial charge in [0.15, 0.2) is 0 Å². The van der Waals surface area contributed by atoms with Gasteiger partial charge in [-0.2, -0.15) is 0 Å². The minimum atomic E-state index is 0.818. The van der Waals surface area contributed by atoms with Crippen LogP contribution in [0.3, 0.4) is 0 Å². The van der Waals surface area contributed by atoms with Crippen molar-refractivity contribution in [2.45, 2.75) is 65.2 Å². The number of guanidine groups is 1. The lowest BCUT2D eigenvalue weighted by Crippen LogP contribution is -2.50. The number of unbranched alkanes of at least 4 members (excludes halogenated alkanes) is 6. The molecule has 0 bridgehead atoms. The van der Waals surface area contributed by atoms with Gasteiger partial charge < -0.3 is 4.90 Å². The number of hydrogen-bond donors (Lipinski definition) is 0. The summed E-state index contributed by atoms with van der Waals surface area (Å²) in [6, 6.07) is 0. The van der Waals surface area contributed by atoms with Gasteiger partial charge in [0.05, 0.1) is 21.1 Å². The summed E-state index contributed by atoms with van der Waals surface area (Å²) in [6.07, 6.45) is 10.4. The maximum Gasteiger partial charge on any atom is 0.299 e. The SMILES string of the molecule is CCCCCCN=C(N(C)CCCCCC)[N+](C)(C)C. The van der Waals surface area contributed by atoms with Gasteiger partial charge in [-0.05, 0) is 12.8 Å². The van der Waals surface area contributed by atoms with Gasteiger partial charge in [-0.3, -0.25) is 4.48 Å². The Bertz CT molecular complexity index is 253. The van der Waals surface area contributed by atoms with Crippen molar-refractivity contribution in [1.29, 1.82) is 0 Å². The molecule has 0 aliphatic heterocycles. The molecule has 0 aromatic rings. The molecule has 0 radical (unpaired) electrons. The molecule has 0 saturated carbocycles. The smallest absolute Gasteiger partial charge is 0.299 e. The predicted octanol–water partition coefficient (Wildman–Crippen LogP) is 4.14. The number of quaternary nitrogens is 1. The van der Waals surface area contributed by atoms with Gasteiger partial charge >= 0.3 is 0 Å². The molecule has 0 aromatic carbocycles. The molecule has 0 saturated heterocycles. The Morgan fingerprint density at radius 3 is 1.90 bits per heavy atom. The maximum absolute atomic E-state index is 4.88. The van der Waals surface area contributed by atoms with E-state index in [0.29, 0.717) is 0 Å². The van der Waals surface area contributed by atoms with E-state index >= 15 is 0 Å². The van der Waals surface area contributed by atoms with Gasteiger partial charge in [0.25, 0.3) is 5.96 Å². The van der Waals surface area contributed by atoms with E-state index in [0.717, 1.165) is 17.6 Å². The number of nitrogens with zero attached hydrogens (tertiary/aromatic N) is 3. The van der Waals surface area contributed by atoms with Gasteiger partial charge in [-0.25, -0.2) is 4.99 Å². The molecule has 3 heteroatoms. The van der Waals surface area contributed by atoms with Crippen molar-refractivity contribution >= 4 is 5.96 Å². The summed E-state index contributed by atoms with van der Waals surface area (Å²) < 4.78 is 0.818. The van der Waals surface area contributed by atoms with E-state index in [9.17, 15) is 0 Å². The van der Waals surface area contributed by atoms with E-state index in [4.69, 9.17) is 4.99 Å². The fourth-order valence-electron chi connectivity index (χ4n) is 2.44. The van der Waals surface area contributed by atoms with E-state index in [1.165, 1.54) is 57.3 Å². The van der Waals surface area contributed by atoms with Gasteiger partial charge in [-0.15, -0.1) is 0 Å². The van der Waals surface area contributed by atoms with Crippen LogP contribution in [-0.4, -0.2) is 56.6 Å². The largest absolute Gasteiger partial charge is 0.314 e. The molecule has 0 atom stereocenters. The van der Waals surface area contributed by atoms with Crippen molar-refractivity contribution in [2.24, 2.45) is 4.99 Å². The molecule has 20 heavy (non-hydrogen) atoms. The summed E-state index contributed by atoms with van der Waals surface area (Å²) in [4.78, 5) is 7.24. The minimum Gasteiger partial charge on any atom is -0.314 e. The Morgan fingerprint density at radius 1 is 0.850 bits per heavy atom. The summed E-state index contributed by atoms with van der Waals surface area (Å²) in [7, 11) is 8.84. The predicted molar refractivity (Wildman–Crippen MR) is 91.2 cm³/mol. The number of rotatable bonds is 10. The molecule has 0 rings (SSSR count). The summed E-state index contributed by atoms with van der Waals surface area (Å²) >= 11 is 0. The third-order valence-corrected chi connectivity index (χ3v) is 3.55. The Kier molecular flexibility index (Phi) is 10.8. The first kappa shape index (κ1) is 19.4. The van der Waals surface area contributed by atoms with Crippen molar-refractivity contribution in [2.75, 3.05) is 41.3 Å². The van der Waals surface area contributed by atoms with Crippen molar-refractivity contribution in [3.8, 4) is 0 Å². The van der Waals surface area contributed by atoms with E-state index in [1.807, 2.05) is 0 Å². The third-order valence-electron chi connectivity index (χ3n) is 3.55. The summed E-state index contributed by atoms with van der Waals surface area (Å²) in [5.41, 5.74) is 0. The lowest BCUT2D eigenvalue weighted by molar-refractivity contribution is -0.782. The highest BCUT2D eigenvalue weighted by atomic mass is 15.4. The highest BCUT2D eigenvalue weighted by molar-refractivity contribution is 5.72. The molecule has 3 nitrogen and oxygen atoms in total. The van der Waals surface area contributed by atoms with Crippen molar-refractivity contribution in [3.63, 3.8) is 0 Å². The van der Waals surface area contributed by atoms with Crippen molar-refractivity contribution < 1.29 is 4.48 Å².